The van der Waals surface area contributed by atoms with Crippen molar-refractivity contribution in [3.8, 4) is 5.75 Å². The van der Waals surface area contributed by atoms with Gasteiger partial charge in [0.25, 0.3) is 0 Å². The van der Waals surface area contributed by atoms with Crippen molar-refractivity contribution < 1.29 is 22.1 Å². The van der Waals surface area contributed by atoms with Crippen LogP contribution in [0, 0.1) is 5.92 Å². The van der Waals surface area contributed by atoms with Crippen LogP contribution in [0.5, 0.6) is 5.75 Å². The summed E-state index contributed by atoms with van der Waals surface area (Å²) in [6, 6.07) is 9.32. The largest absolute Gasteiger partial charge is 0.497 e. The Labute approximate surface area is 197 Å². The first-order valence-corrected chi connectivity index (χ1v) is 12.2. The van der Waals surface area contributed by atoms with E-state index in [1.165, 1.54) is 12.5 Å². The maximum absolute atomic E-state index is 13.2. The van der Waals surface area contributed by atoms with Gasteiger partial charge in [-0.05, 0) is 48.9 Å². The maximum atomic E-state index is 13.2. The Morgan fingerprint density at radius 1 is 1.29 bits per heavy atom. The normalized spacial score (nSPS) is 18.1. The SMILES string of the molecule is COc1cccc(Cn2ccc(C(=O)c3cncnc3N[C@H]3CC[C@@H](COS(N)(=O)=O)C3)n2)c1. The summed E-state index contributed by atoms with van der Waals surface area (Å²) < 4.78 is 33.7. The average Bonchev–Trinajstić information content (AvgIpc) is 3.47. The van der Waals surface area contributed by atoms with Crippen molar-refractivity contribution in [3.05, 3.63) is 65.9 Å². The van der Waals surface area contributed by atoms with Gasteiger partial charge in [0, 0.05) is 18.4 Å². The van der Waals surface area contributed by atoms with E-state index in [0.29, 0.717) is 24.3 Å². The predicted octanol–water partition coefficient (Wildman–Crippen LogP) is 1.76. The van der Waals surface area contributed by atoms with E-state index in [0.717, 1.165) is 24.2 Å². The molecule has 0 unspecified atom stereocenters. The van der Waals surface area contributed by atoms with Crippen LogP contribution in [0.4, 0.5) is 5.82 Å². The van der Waals surface area contributed by atoms with Crippen molar-refractivity contribution in [3.63, 3.8) is 0 Å². The number of rotatable bonds is 10. The number of hydrogen-bond donors (Lipinski definition) is 2. The number of nitrogens with one attached hydrogen (secondary N) is 1. The van der Waals surface area contributed by atoms with Crippen LogP contribution in [0.15, 0.2) is 49.1 Å². The summed E-state index contributed by atoms with van der Waals surface area (Å²) in [4.78, 5) is 21.4. The molecule has 4 rings (SSSR count). The number of nitrogens with two attached hydrogens (primary N) is 1. The van der Waals surface area contributed by atoms with Crippen molar-refractivity contribution in [2.75, 3.05) is 19.0 Å². The third kappa shape index (κ3) is 6.16. The smallest absolute Gasteiger partial charge is 0.333 e. The Bertz CT molecular complexity index is 1260. The van der Waals surface area contributed by atoms with Gasteiger partial charge in [-0.1, -0.05) is 12.1 Å². The van der Waals surface area contributed by atoms with Gasteiger partial charge in [-0.3, -0.25) is 13.7 Å². The number of hydrogen-bond acceptors (Lipinski definition) is 9. The van der Waals surface area contributed by atoms with Crippen LogP contribution in [0.3, 0.4) is 0 Å². The minimum Gasteiger partial charge on any atom is -0.497 e. The molecule has 3 N–H and O–H groups in total. The van der Waals surface area contributed by atoms with Crippen LogP contribution in [0.25, 0.3) is 0 Å². The Kier molecular flexibility index (Phi) is 7.20. The zero-order valence-electron chi connectivity index (χ0n) is 18.6. The summed E-state index contributed by atoms with van der Waals surface area (Å²) in [5.41, 5.74) is 1.60. The molecule has 1 fully saturated rings. The lowest BCUT2D eigenvalue weighted by atomic mass is 10.1. The number of aromatic nitrogens is 4. The van der Waals surface area contributed by atoms with Crippen molar-refractivity contribution in [2.24, 2.45) is 11.1 Å². The van der Waals surface area contributed by atoms with E-state index in [9.17, 15) is 13.2 Å². The van der Waals surface area contributed by atoms with E-state index in [1.54, 1.807) is 24.1 Å². The lowest BCUT2D eigenvalue weighted by Gasteiger charge is -2.15. The first-order chi connectivity index (χ1) is 16.3. The van der Waals surface area contributed by atoms with Crippen molar-refractivity contribution in [2.45, 2.75) is 31.8 Å². The summed E-state index contributed by atoms with van der Waals surface area (Å²) >= 11 is 0. The summed E-state index contributed by atoms with van der Waals surface area (Å²) in [6.07, 6.45) is 6.81. The number of ketones is 1. The second kappa shape index (κ2) is 10.3. The van der Waals surface area contributed by atoms with E-state index in [-0.39, 0.29) is 30.0 Å². The number of methoxy groups -OCH3 is 1. The van der Waals surface area contributed by atoms with Gasteiger partial charge >= 0.3 is 10.3 Å². The van der Waals surface area contributed by atoms with Crippen LogP contribution >= 0.6 is 0 Å². The molecule has 0 spiro atoms. The quantitative estimate of drug-likeness (QED) is 0.408. The highest BCUT2D eigenvalue weighted by Crippen LogP contribution is 2.29. The van der Waals surface area contributed by atoms with Crippen LogP contribution in [-0.4, -0.2) is 53.7 Å². The molecule has 2 atom stereocenters. The number of anilines is 1. The molecule has 12 heteroatoms. The van der Waals surface area contributed by atoms with Crippen LogP contribution < -0.4 is 15.2 Å². The molecule has 34 heavy (non-hydrogen) atoms. The topological polar surface area (TPSA) is 151 Å². The number of nitrogens with zero attached hydrogens (tertiary/aromatic N) is 4. The molecule has 0 amide bonds. The summed E-state index contributed by atoms with van der Waals surface area (Å²) in [6.45, 7) is 0.530. The first-order valence-electron chi connectivity index (χ1n) is 10.8. The highest BCUT2D eigenvalue weighted by molar-refractivity contribution is 7.84. The van der Waals surface area contributed by atoms with Gasteiger partial charge in [0.15, 0.2) is 0 Å². The van der Waals surface area contributed by atoms with Crippen molar-refractivity contribution in [1.82, 2.24) is 19.7 Å². The fourth-order valence-corrected chi connectivity index (χ4v) is 4.40. The Morgan fingerprint density at radius 2 is 2.15 bits per heavy atom. The second-order valence-corrected chi connectivity index (χ2v) is 9.38. The molecule has 2 heterocycles. The first kappa shape index (κ1) is 23.8. The minimum atomic E-state index is -3.96. The van der Waals surface area contributed by atoms with E-state index in [1.807, 2.05) is 24.3 Å². The van der Waals surface area contributed by atoms with Gasteiger partial charge in [-0.25, -0.2) is 15.1 Å². The fraction of sp³-hybridized carbons (Fsp3) is 0.364. The maximum Gasteiger partial charge on any atom is 0.333 e. The third-order valence-corrected chi connectivity index (χ3v) is 6.12. The highest BCUT2D eigenvalue weighted by atomic mass is 32.2. The molecule has 1 aromatic carbocycles. The number of carbonyl (C=O) groups is 1. The molecule has 3 aromatic rings. The summed E-state index contributed by atoms with van der Waals surface area (Å²) in [5, 5.41) is 12.6. The highest BCUT2D eigenvalue weighted by Gasteiger charge is 2.28. The zero-order chi connectivity index (χ0) is 24.1. The summed E-state index contributed by atoms with van der Waals surface area (Å²) in [5.74, 6) is 0.924. The molecule has 0 aliphatic heterocycles. The molecule has 1 aliphatic rings. The average molecular weight is 487 g/mol. The van der Waals surface area contributed by atoms with Gasteiger partial charge in [-0.2, -0.15) is 13.5 Å². The Balaban J connectivity index is 1.42. The monoisotopic (exact) mass is 486 g/mol. The van der Waals surface area contributed by atoms with E-state index in [4.69, 9.17) is 14.1 Å². The van der Waals surface area contributed by atoms with E-state index < -0.39 is 10.3 Å². The predicted molar refractivity (Wildman–Crippen MR) is 124 cm³/mol. The lowest BCUT2D eigenvalue weighted by molar-refractivity contribution is 0.103. The zero-order valence-corrected chi connectivity index (χ0v) is 19.4. The molecule has 1 aliphatic carbocycles. The number of benzene rings is 1. The molecular formula is C22H26N6O5S. The molecule has 0 radical (unpaired) electrons. The van der Waals surface area contributed by atoms with Crippen LogP contribution in [0.2, 0.25) is 0 Å². The fourth-order valence-electron chi connectivity index (χ4n) is 4.02. The standard InChI is InChI=1S/C22H26N6O5S/c1-32-18-4-2-3-15(10-18)12-28-8-7-20(27-28)21(29)19-11-24-14-25-22(19)26-17-6-5-16(9-17)13-33-34(23,30)31/h2-4,7-8,10-11,14,16-17H,5-6,9,12-13H2,1H3,(H2,23,30,31)(H,24,25,26)/t16-,17+/m1/s1. The molecule has 11 nitrogen and oxygen atoms in total. The lowest BCUT2D eigenvalue weighted by Crippen LogP contribution is -2.22. The molecule has 2 aromatic heterocycles. The Morgan fingerprint density at radius 3 is 2.94 bits per heavy atom. The van der Waals surface area contributed by atoms with Gasteiger partial charge in [0.05, 0.1) is 25.8 Å². The number of ether oxygens (including phenoxy) is 1. The van der Waals surface area contributed by atoms with Gasteiger partial charge < -0.3 is 10.1 Å². The molecule has 0 saturated heterocycles. The van der Waals surface area contributed by atoms with Crippen LogP contribution in [0.1, 0.15) is 40.9 Å². The molecule has 180 valence electrons. The van der Waals surface area contributed by atoms with Crippen molar-refractivity contribution >= 4 is 21.9 Å². The molecule has 1 saturated carbocycles. The van der Waals surface area contributed by atoms with E-state index >= 15 is 0 Å². The molecule has 0 bridgehead atoms. The third-order valence-electron chi connectivity index (χ3n) is 5.66. The summed E-state index contributed by atoms with van der Waals surface area (Å²) in [7, 11) is -2.35. The van der Waals surface area contributed by atoms with Crippen LogP contribution in [-0.2, 0) is 21.0 Å². The van der Waals surface area contributed by atoms with Gasteiger partial charge in [-0.15, -0.1) is 0 Å². The second-order valence-electron chi connectivity index (χ2n) is 8.16. The number of carbonyl (C=O) groups excluding carboxylic acids is 1. The minimum absolute atomic E-state index is 0.0150. The Hall–Kier alpha value is -3.35. The van der Waals surface area contributed by atoms with Gasteiger partial charge in [0.2, 0.25) is 5.78 Å². The molecular weight excluding hydrogens is 460 g/mol. The van der Waals surface area contributed by atoms with Crippen molar-refractivity contribution in [1.29, 1.82) is 0 Å². The van der Waals surface area contributed by atoms with E-state index in [2.05, 4.69) is 20.4 Å². The van der Waals surface area contributed by atoms with Gasteiger partial charge in [0.1, 0.15) is 23.6 Å².